The number of aliphatic hydroxyl groups excluding tert-OH is 2. The number of benzene rings is 4. The van der Waals surface area contributed by atoms with Crippen LogP contribution < -0.4 is 24.3 Å². The number of nitrogens with one attached hydrogen (secondary N) is 1. The van der Waals surface area contributed by atoms with Crippen LogP contribution >= 0.6 is 11.6 Å². The molecule has 2 amide bonds. The number of nitrogens with zero attached hydrogens (tertiary/aromatic N) is 2. The molecule has 0 saturated heterocycles. The van der Waals surface area contributed by atoms with Crippen molar-refractivity contribution in [2.75, 3.05) is 58.5 Å². The molecule has 3 aliphatic rings. The smallest absolute Gasteiger partial charge is 0.417 e. The topological polar surface area (TPSA) is 167 Å². The first kappa shape index (κ1) is 49.1. The van der Waals surface area contributed by atoms with E-state index in [0.717, 1.165) is 53.2 Å². The Bertz CT molecular complexity index is 2400. The van der Waals surface area contributed by atoms with Crippen molar-refractivity contribution in [1.29, 1.82) is 0 Å². The monoisotopic (exact) mass is 939 g/mol. The normalized spacial score (nSPS) is 22.1. The van der Waals surface area contributed by atoms with Crippen LogP contribution in [0.3, 0.4) is 0 Å². The Balaban J connectivity index is 1.42. The molecule has 4 aromatic carbocycles. The number of aliphatic hydroxyl groups is 2. The van der Waals surface area contributed by atoms with Crippen molar-refractivity contribution < 1.29 is 53.1 Å². The van der Waals surface area contributed by atoms with Crippen LogP contribution in [-0.4, -0.2) is 98.0 Å². The summed E-state index contributed by atoms with van der Waals surface area (Å²) in [6.45, 7) is 6.49. The van der Waals surface area contributed by atoms with Crippen LogP contribution in [0.4, 0.5) is 15.3 Å². The zero-order valence-electron chi connectivity index (χ0n) is 38.5. The molecule has 3 N–H and O–H groups in total. The summed E-state index contributed by atoms with van der Waals surface area (Å²) in [4.78, 5) is 36.0. The van der Waals surface area contributed by atoms with Crippen molar-refractivity contribution in [3.63, 3.8) is 0 Å². The molecule has 1 saturated carbocycles. The predicted octanol–water partition coefficient (Wildman–Crippen LogP) is 10.00. The molecule has 0 spiro atoms. The van der Waals surface area contributed by atoms with E-state index in [0.29, 0.717) is 48.1 Å². The van der Waals surface area contributed by atoms with Crippen LogP contribution in [0.25, 0.3) is 10.8 Å². The van der Waals surface area contributed by atoms with E-state index in [1.54, 1.807) is 48.4 Å². The van der Waals surface area contributed by atoms with Gasteiger partial charge in [0.2, 0.25) is 5.79 Å². The van der Waals surface area contributed by atoms with Gasteiger partial charge in [0.1, 0.15) is 42.3 Å². The van der Waals surface area contributed by atoms with Crippen molar-refractivity contribution >= 4 is 46.0 Å². The second kappa shape index (κ2) is 23.3. The molecule has 0 unspecified atom stereocenters. The zero-order chi connectivity index (χ0) is 47.3. The minimum Gasteiger partial charge on any atom is -0.497 e. The lowest BCUT2D eigenvalue weighted by molar-refractivity contribution is -0.256. The van der Waals surface area contributed by atoms with Crippen LogP contribution in [0.5, 0.6) is 23.0 Å². The fourth-order valence-corrected chi connectivity index (χ4v) is 10.2. The summed E-state index contributed by atoms with van der Waals surface area (Å²) < 4.78 is 37.2. The molecule has 15 heteroatoms. The van der Waals surface area contributed by atoms with Crippen molar-refractivity contribution in [2.45, 2.75) is 76.2 Å². The molecule has 0 aromatic heterocycles. The van der Waals surface area contributed by atoms with Crippen molar-refractivity contribution in [2.24, 2.45) is 22.9 Å². The predicted molar refractivity (Wildman–Crippen MR) is 257 cm³/mol. The molecule has 0 bridgehead atoms. The van der Waals surface area contributed by atoms with Crippen molar-refractivity contribution in [3.05, 3.63) is 114 Å². The Labute approximate surface area is 397 Å². The van der Waals surface area contributed by atoms with Crippen LogP contribution in [0.15, 0.2) is 108 Å². The number of hydrogen-bond donors (Lipinski definition) is 3. The van der Waals surface area contributed by atoms with Crippen molar-refractivity contribution in [3.8, 4) is 23.0 Å². The summed E-state index contributed by atoms with van der Waals surface area (Å²) in [5, 5.41) is 29.5. The second-order valence-electron chi connectivity index (χ2n) is 16.8. The molecule has 0 radical (unpaired) electrons. The summed E-state index contributed by atoms with van der Waals surface area (Å²) in [6, 6.07) is 23.5. The highest BCUT2D eigenvalue weighted by Crippen LogP contribution is 2.62. The largest absolute Gasteiger partial charge is 0.497 e. The molecule has 6 atom stereocenters. The average Bonchev–Trinajstić information content (AvgIpc) is 3.34. The van der Waals surface area contributed by atoms with E-state index in [1.807, 2.05) is 55.5 Å². The number of alkyl halides is 1. The highest BCUT2D eigenvalue weighted by atomic mass is 35.5. The Kier molecular flexibility index (Phi) is 17.1. The third-order valence-corrected chi connectivity index (χ3v) is 13.1. The number of oxime groups is 1. The molecule has 67 heavy (non-hydrogen) atoms. The molecule has 2 aliphatic carbocycles. The molecule has 358 valence electrons. The minimum absolute atomic E-state index is 0.0104. The minimum atomic E-state index is -1.55. The number of amides is 2. The standard InChI is InChI=1S/C52H62ClN3O11/c1-5-27-64-52-47(56(51(60)63-28-24-53)33-36-17-13-16-34-14-7-8-18-39(34)36)32-44(55-65-6-2)41-29-35(15-9-11-25-57)40(19-10-12-26-58)48(49(41)52)42-30-38(21-23-45(42)67-52)66-50(59)54-43-22-20-37(61-3)31-46(43)62-4/h5,7-8,13-14,16-18,20-23,29-31,35,40,47-49,57-58H,1,6,9-12,15,19,24-28,32-33H2,2-4H3,(H,54,59)/t35-,40+,47-,48+,49+,52+/m0/s1. The fraction of sp³-hybridized carbons (Fsp3) is 0.442. The SMILES string of the molecule is C=CCO[C@@]12Oc3ccc(OC(=O)Nc4ccc(OC)cc4OC)cc3[C@H]3[C@H](CCCCO)[C@@H](CCCCO)C=C(C(=NOCC)C[C@@H]1N(Cc1cccc4ccccc14)C(=O)OCCCl)[C@H]32. The molecular weight excluding hydrogens is 878 g/mol. The summed E-state index contributed by atoms with van der Waals surface area (Å²) in [6.07, 6.45) is 6.98. The van der Waals surface area contributed by atoms with Gasteiger partial charge in [0, 0.05) is 37.2 Å². The number of ether oxygens (including phenoxy) is 6. The quantitative estimate of drug-likeness (QED) is 0.0297. The average molecular weight is 941 g/mol. The lowest BCUT2D eigenvalue weighted by Crippen LogP contribution is -2.70. The van der Waals surface area contributed by atoms with Gasteiger partial charge in [-0.25, -0.2) is 9.59 Å². The molecule has 14 nitrogen and oxygen atoms in total. The molecule has 7 rings (SSSR count). The number of hydrogen-bond acceptors (Lipinski definition) is 12. The van der Waals surface area contributed by atoms with Crippen LogP contribution in [0.2, 0.25) is 0 Å². The van der Waals surface area contributed by atoms with E-state index in [-0.39, 0.29) is 68.8 Å². The zero-order valence-corrected chi connectivity index (χ0v) is 39.3. The molecule has 1 heterocycles. The van der Waals surface area contributed by atoms with E-state index in [9.17, 15) is 19.8 Å². The highest BCUT2D eigenvalue weighted by molar-refractivity contribution is 6.18. The fourth-order valence-electron chi connectivity index (χ4n) is 10.1. The summed E-state index contributed by atoms with van der Waals surface area (Å²) in [5.41, 5.74) is 3.57. The third kappa shape index (κ3) is 10.8. The van der Waals surface area contributed by atoms with Gasteiger partial charge in [-0.15, -0.1) is 18.2 Å². The van der Waals surface area contributed by atoms with Crippen LogP contribution in [0.1, 0.15) is 68.9 Å². The van der Waals surface area contributed by atoms with Gasteiger partial charge in [-0.05, 0) is 96.7 Å². The molecular formula is C52H62ClN3O11. The lowest BCUT2D eigenvalue weighted by Gasteiger charge is -2.59. The molecule has 4 aromatic rings. The van der Waals surface area contributed by atoms with E-state index in [1.165, 1.54) is 7.11 Å². The van der Waals surface area contributed by atoms with E-state index < -0.39 is 29.9 Å². The Morgan fingerprint density at radius 2 is 1.75 bits per heavy atom. The van der Waals surface area contributed by atoms with Gasteiger partial charge < -0.3 is 43.5 Å². The number of carbonyl (C=O) groups is 2. The van der Waals surface area contributed by atoms with Gasteiger partial charge in [0.15, 0.2) is 0 Å². The number of halogens is 1. The van der Waals surface area contributed by atoms with Gasteiger partial charge in [-0.2, -0.15) is 0 Å². The van der Waals surface area contributed by atoms with E-state index >= 15 is 0 Å². The highest BCUT2D eigenvalue weighted by Gasteiger charge is 2.65. The van der Waals surface area contributed by atoms with Crippen LogP contribution in [0, 0.1) is 17.8 Å². The summed E-state index contributed by atoms with van der Waals surface area (Å²) in [7, 11) is 3.05. The number of carbonyl (C=O) groups excluding carboxylic acids is 2. The number of allylic oxidation sites excluding steroid dienone is 1. The maximum Gasteiger partial charge on any atom is 0.417 e. The van der Waals surface area contributed by atoms with Gasteiger partial charge in [-0.1, -0.05) is 72.6 Å². The Morgan fingerprint density at radius 1 is 0.970 bits per heavy atom. The Hall–Kier alpha value is -5.80. The first-order valence-electron chi connectivity index (χ1n) is 23.1. The van der Waals surface area contributed by atoms with Gasteiger partial charge in [-0.3, -0.25) is 10.2 Å². The number of anilines is 1. The summed E-state index contributed by atoms with van der Waals surface area (Å²) >= 11 is 6.14. The Morgan fingerprint density at radius 3 is 2.49 bits per heavy atom. The number of fused-ring (bicyclic) bond motifs is 3. The van der Waals surface area contributed by atoms with Crippen LogP contribution in [-0.2, 0) is 20.9 Å². The first-order chi connectivity index (χ1) is 32.7. The number of methoxy groups -OCH3 is 2. The van der Waals surface area contributed by atoms with Gasteiger partial charge >= 0.3 is 12.2 Å². The maximum atomic E-state index is 14.7. The van der Waals surface area contributed by atoms with Crippen molar-refractivity contribution in [1.82, 2.24) is 4.90 Å². The van der Waals surface area contributed by atoms with E-state index in [2.05, 4.69) is 18.0 Å². The molecule has 1 fully saturated rings. The van der Waals surface area contributed by atoms with E-state index in [4.69, 9.17) is 50.0 Å². The van der Waals surface area contributed by atoms with Gasteiger partial charge in [0.05, 0.1) is 50.6 Å². The molecule has 1 aliphatic heterocycles. The first-order valence-corrected chi connectivity index (χ1v) is 23.6. The lowest BCUT2D eigenvalue weighted by atomic mass is 9.55. The van der Waals surface area contributed by atoms with Gasteiger partial charge in [0.25, 0.3) is 0 Å². The summed E-state index contributed by atoms with van der Waals surface area (Å²) in [5.74, 6) is -0.789. The number of unbranched alkanes of at least 4 members (excludes halogenated alkanes) is 2. The third-order valence-electron chi connectivity index (χ3n) is 12.9. The number of rotatable bonds is 22. The second-order valence-corrected chi connectivity index (χ2v) is 17.2. The maximum absolute atomic E-state index is 14.7.